The number of halogens is 5. The second-order valence-corrected chi connectivity index (χ2v) is 7.60. The van der Waals surface area contributed by atoms with Crippen molar-refractivity contribution < 1.29 is 32.5 Å². The quantitative estimate of drug-likeness (QED) is 0.654. The highest BCUT2D eigenvalue weighted by Gasteiger charge is 2.62. The SMILES string of the molecule is COc1ccc(C(=O)N2N=C(C)C[C@]2(O)C(F)(F)F)cc1COc1cccc(Cl)c1Cl. The maximum absolute atomic E-state index is 13.4. The predicted octanol–water partition coefficient (Wildman–Crippen LogP) is 5.05. The monoisotopic (exact) mass is 476 g/mol. The van der Waals surface area contributed by atoms with E-state index in [2.05, 4.69) is 5.10 Å². The Hall–Kier alpha value is -2.49. The van der Waals surface area contributed by atoms with Crippen LogP contribution in [0.5, 0.6) is 11.5 Å². The first-order valence-electron chi connectivity index (χ1n) is 8.89. The summed E-state index contributed by atoms with van der Waals surface area (Å²) in [6.45, 7) is 1.18. The fourth-order valence-electron chi connectivity index (χ4n) is 3.05. The molecule has 0 aliphatic carbocycles. The molecule has 3 rings (SSSR count). The number of methoxy groups -OCH3 is 1. The zero-order valence-electron chi connectivity index (χ0n) is 16.3. The normalized spacial score (nSPS) is 18.7. The van der Waals surface area contributed by atoms with Crippen LogP contribution in [-0.4, -0.2) is 40.7 Å². The summed E-state index contributed by atoms with van der Waals surface area (Å²) in [6, 6.07) is 8.78. The van der Waals surface area contributed by atoms with E-state index in [1.165, 1.54) is 32.2 Å². The van der Waals surface area contributed by atoms with Gasteiger partial charge in [-0.1, -0.05) is 29.3 Å². The molecular formula is C20H17Cl2F3N2O4. The van der Waals surface area contributed by atoms with E-state index in [1.807, 2.05) is 0 Å². The van der Waals surface area contributed by atoms with Gasteiger partial charge in [0, 0.05) is 23.3 Å². The summed E-state index contributed by atoms with van der Waals surface area (Å²) < 4.78 is 51.2. The van der Waals surface area contributed by atoms with Crippen LogP contribution in [0.3, 0.4) is 0 Å². The second kappa shape index (κ2) is 8.57. The van der Waals surface area contributed by atoms with Crippen molar-refractivity contribution in [3.63, 3.8) is 0 Å². The molecule has 1 aliphatic heterocycles. The number of ether oxygens (including phenoxy) is 2. The number of hydrogen-bond acceptors (Lipinski definition) is 5. The van der Waals surface area contributed by atoms with E-state index in [-0.39, 0.29) is 38.7 Å². The molecule has 1 N–H and O–H groups in total. The van der Waals surface area contributed by atoms with Gasteiger partial charge in [-0.25, -0.2) is 0 Å². The number of hydrogen-bond donors (Lipinski definition) is 1. The minimum atomic E-state index is -5.09. The molecular weight excluding hydrogens is 460 g/mol. The van der Waals surface area contributed by atoms with Crippen LogP contribution >= 0.6 is 23.2 Å². The molecule has 1 heterocycles. The van der Waals surface area contributed by atoms with Crippen LogP contribution in [0.4, 0.5) is 13.2 Å². The first-order chi connectivity index (χ1) is 14.5. The molecule has 0 saturated heterocycles. The molecule has 1 amide bonds. The molecule has 0 unspecified atom stereocenters. The Morgan fingerprint density at radius 2 is 1.97 bits per heavy atom. The number of rotatable bonds is 5. The number of nitrogens with zero attached hydrogens (tertiary/aromatic N) is 2. The van der Waals surface area contributed by atoms with Crippen molar-refractivity contribution in [1.82, 2.24) is 5.01 Å². The number of amides is 1. The van der Waals surface area contributed by atoms with E-state index >= 15 is 0 Å². The highest BCUT2D eigenvalue weighted by Crippen LogP contribution is 2.41. The van der Waals surface area contributed by atoms with Crippen LogP contribution in [0.2, 0.25) is 10.0 Å². The van der Waals surface area contributed by atoms with Gasteiger partial charge in [0.2, 0.25) is 0 Å². The fourth-order valence-corrected chi connectivity index (χ4v) is 3.40. The average molecular weight is 477 g/mol. The summed E-state index contributed by atoms with van der Waals surface area (Å²) in [4.78, 5) is 12.8. The van der Waals surface area contributed by atoms with Gasteiger partial charge in [-0.05, 0) is 37.3 Å². The van der Waals surface area contributed by atoms with Crippen molar-refractivity contribution in [2.75, 3.05) is 7.11 Å². The summed E-state index contributed by atoms with van der Waals surface area (Å²) in [7, 11) is 1.39. The molecule has 0 fully saturated rings. The maximum atomic E-state index is 13.4. The molecule has 0 aromatic heterocycles. The van der Waals surface area contributed by atoms with Gasteiger partial charge in [-0.2, -0.15) is 23.3 Å². The molecule has 2 aromatic rings. The Bertz CT molecular complexity index is 1050. The third-order valence-electron chi connectivity index (χ3n) is 4.60. The molecule has 166 valence electrons. The summed E-state index contributed by atoms with van der Waals surface area (Å²) in [5.74, 6) is -0.512. The van der Waals surface area contributed by atoms with Crippen LogP contribution in [-0.2, 0) is 6.61 Å². The number of aliphatic hydroxyl groups is 1. The van der Waals surface area contributed by atoms with Gasteiger partial charge in [-0.3, -0.25) is 4.79 Å². The van der Waals surface area contributed by atoms with Crippen molar-refractivity contribution in [3.05, 3.63) is 57.6 Å². The summed E-state index contributed by atoms with van der Waals surface area (Å²) in [5.41, 5.74) is -3.22. The Morgan fingerprint density at radius 3 is 2.61 bits per heavy atom. The molecule has 1 atom stereocenters. The van der Waals surface area contributed by atoms with Crippen molar-refractivity contribution in [3.8, 4) is 11.5 Å². The number of alkyl halides is 3. The second-order valence-electron chi connectivity index (χ2n) is 6.81. The van der Waals surface area contributed by atoms with Crippen LogP contribution in [0.15, 0.2) is 41.5 Å². The van der Waals surface area contributed by atoms with Gasteiger partial charge < -0.3 is 14.6 Å². The molecule has 2 aromatic carbocycles. The van der Waals surface area contributed by atoms with Crippen molar-refractivity contribution >= 4 is 34.8 Å². The number of carbonyl (C=O) groups excluding carboxylic acids is 1. The van der Waals surface area contributed by atoms with E-state index < -0.39 is 24.2 Å². The van der Waals surface area contributed by atoms with Crippen molar-refractivity contribution in [2.45, 2.75) is 31.9 Å². The fraction of sp³-hybridized carbons (Fsp3) is 0.300. The number of hydrazone groups is 1. The first kappa shape index (κ1) is 23.2. The van der Waals surface area contributed by atoms with E-state index in [1.54, 1.807) is 18.2 Å². The lowest BCUT2D eigenvalue weighted by Gasteiger charge is -2.32. The van der Waals surface area contributed by atoms with E-state index in [9.17, 15) is 23.1 Å². The third-order valence-corrected chi connectivity index (χ3v) is 5.40. The van der Waals surface area contributed by atoms with Gasteiger partial charge in [0.05, 0.1) is 12.1 Å². The zero-order chi connectivity index (χ0) is 23.0. The Morgan fingerprint density at radius 1 is 1.26 bits per heavy atom. The Labute approximate surface area is 185 Å². The van der Waals surface area contributed by atoms with Gasteiger partial charge in [0.15, 0.2) is 0 Å². The molecule has 31 heavy (non-hydrogen) atoms. The molecule has 6 nitrogen and oxygen atoms in total. The highest BCUT2D eigenvalue weighted by molar-refractivity contribution is 6.42. The van der Waals surface area contributed by atoms with Crippen molar-refractivity contribution in [1.29, 1.82) is 0 Å². The van der Waals surface area contributed by atoms with E-state index in [0.717, 1.165) is 0 Å². The van der Waals surface area contributed by atoms with Crippen molar-refractivity contribution in [2.24, 2.45) is 5.10 Å². The topological polar surface area (TPSA) is 71.4 Å². The average Bonchev–Trinajstić information content (AvgIpc) is 3.03. The molecule has 0 spiro atoms. The zero-order valence-corrected chi connectivity index (χ0v) is 17.8. The summed E-state index contributed by atoms with van der Waals surface area (Å²) >= 11 is 12.0. The van der Waals surface area contributed by atoms with Gasteiger partial charge in [-0.15, -0.1) is 0 Å². The minimum Gasteiger partial charge on any atom is -0.496 e. The first-order valence-corrected chi connectivity index (χ1v) is 9.65. The largest absolute Gasteiger partial charge is 0.496 e. The van der Waals surface area contributed by atoms with Gasteiger partial charge >= 0.3 is 6.18 Å². The molecule has 1 aliphatic rings. The Kier molecular flexibility index (Phi) is 6.40. The van der Waals surface area contributed by atoms with Crippen LogP contribution < -0.4 is 9.47 Å². The lowest BCUT2D eigenvalue weighted by Crippen LogP contribution is -2.56. The van der Waals surface area contributed by atoms with Gasteiger partial charge in [0.25, 0.3) is 11.6 Å². The Balaban J connectivity index is 1.91. The smallest absolute Gasteiger partial charge is 0.438 e. The van der Waals surface area contributed by atoms with E-state index in [0.29, 0.717) is 11.3 Å². The molecule has 0 bridgehead atoms. The third kappa shape index (κ3) is 4.44. The maximum Gasteiger partial charge on any atom is 0.438 e. The lowest BCUT2D eigenvalue weighted by atomic mass is 10.0. The summed E-state index contributed by atoms with van der Waals surface area (Å²) in [6.07, 6.45) is -5.92. The van der Waals surface area contributed by atoms with Crippen LogP contribution in [0, 0.1) is 0 Å². The lowest BCUT2D eigenvalue weighted by molar-refractivity contribution is -0.297. The van der Waals surface area contributed by atoms with Crippen LogP contribution in [0.1, 0.15) is 29.3 Å². The van der Waals surface area contributed by atoms with Gasteiger partial charge in [0.1, 0.15) is 23.1 Å². The number of benzene rings is 2. The van der Waals surface area contributed by atoms with E-state index in [4.69, 9.17) is 32.7 Å². The minimum absolute atomic E-state index is 0.0270. The summed E-state index contributed by atoms with van der Waals surface area (Å²) in [5, 5.41) is 14.3. The molecule has 11 heteroatoms. The number of carbonyl (C=O) groups is 1. The predicted molar refractivity (Wildman–Crippen MR) is 109 cm³/mol. The van der Waals surface area contributed by atoms with Crippen LogP contribution in [0.25, 0.3) is 0 Å². The molecule has 0 saturated carbocycles. The molecule has 0 radical (unpaired) electrons. The highest BCUT2D eigenvalue weighted by atomic mass is 35.5. The standard InChI is InChI=1S/C20H17Cl2F3N2O4/c1-11-9-19(29,20(23,24)25)27(26-11)18(28)12-6-7-15(30-2)13(8-12)10-31-16-5-3-4-14(21)17(16)22/h3-8,29H,9-10H2,1-2H3/t19-/m0/s1.